The molecule has 3 nitrogen and oxygen atoms in total. The van der Waals surface area contributed by atoms with Crippen LogP contribution in [0.2, 0.25) is 0 Å². The molecule has 1 aromatic carbocycles. The molecule has 0 bridgehead atoms. The standard InChI is InChI=1S/C14H17F3N2O/c15-14(16,17)10-3-1-9(2-4-10)13(20)19-12-7-5-11(18)6-8-12/h5-10H,1-4,18H2,(H,19,20). The van der Waals surface area contributed by atoms with E-state index in [9.17, 15) is 18.0 Å². The fraction of sp³-hybridized carbons (Fsp3) is 0.500. The SMILES string of the molecule is Nc1ccc(NC(=O)C2CCC(C(F)(F)F)CC2)cc1. The fourth-order valence-electron chi connectivity index (χ4n) is 2.49. The third-order valence-corrected chi connectivity index (χ3v) is 3.74. The maximum atomic E-state index is 12.5. The molecule has 1 aliphatic rings. The summed E-state index contributed by atoms with van der Waals surface area (Å²) in [5.41, 5.74) is 6.74. The second-order valence-electron chi connectivity index (χ2n) is 5.20. The number of amides is 1. The van der Waals surface area contributed by atoms with Crippen molar-refractivity contribution in [3.05, 3.63) is 24.3 Å². The van der Waals surface area contributed by atoms with Crippen LogP contribution in [0.1, 0.15) is 25.7 Å². The first kappa shape index (κ1) is 14.7. The molecular formula is C14H17F3N2O. The van der Waals surface area contributed by atoms with Crippen molar-refractivity contribution in [3.8, 4) is 0 Å². The minimum Gasteiger partial charge on any atom is -0.399 e. The van der Waals surface area contributed by atoms with Crippen LogP contribution in [0.25, 0.3) is 0 Å². The zero-order valence-electron chi connectivity index (χ0n) is 10.9. The number of benzene rings is 1. The number of rotatable bonds is 2. The Hall–Kier alpha value is -1.72. The molecule has 0 unspecified atom stereocenters. The molecule has 0 heterocycles. The van der Waals surface area contributed by atoms with Crippen LogP contribution < -0.4 is 11.1 Å². The molecule has 2 rings (SSSR count). The third-order valence-electron chi connectivity index (χ3n) is 3.74. The average Bonchev–Trinajstić information content (AvgIpc) is 2.40. The first-order valence-corrected chi connectivity index (χ1v) is 6.59. The van der Waals surface area contributed by atoms with E-state index in [1.54, 1.807) is 24.3 Å². The van der Waals surface area contributed by atoms with Gasteiger partial charge in [-0.1, -0.05) is 0 Å². The maximum absolute atomic E-state index is 12.5. The molecule has 0 atom stereocenters. The van der Waals surface area contributed by atoms with Gasteiger partial charge in [0.05, 0.1) is 5.92 Å². The number of nitrogens with two attached hydrogens (primary N) is 1. The molecule has 3 N–H and O–H groups in total. The Labute approximate surface area is 115 Å². The largest absolute Gasteiger partial charge is 0.399 e. The molecule has 0 saturated heterocycles. The van der Waals surface area contributed by atoms with Crippen molar-refractivity contribution in [2.45, 2.75) is 31.9 Å². The van der Waals surface area contributed by atoms with Gasteiger partial charge >= 0.3 is 6.18 Å². The van der Waals surface area contributed by atoms with E-state index in [1.165, 1.54) is 0 Å². The smallest absolute Gasteiger partial charge is 0.391 e. The highest BCUT2D eigenvalue weighted by Gasteiger charge is 2.42. The van der Waals surface area contributed by atoms with E-state index in [0.717, 1.165) is 0 Å². The van der Waals surface area contributed by atoms with E-state index >= 15 is 0 Å². The number of carbonyl (C=O) groups is 1. The lowest BCUT2D eigenvalue weighted by atomic mass is 9.81. The summed E-state index contributed by atoms with van der Waals surface area (Å²) in [4.78, 5) is 12.0. The number of hydrogen-bond acceptors (Lipinski definition) is 2. The van der Waals surface area contributed by atoms with Gasteiger partial charge < -0.3 is 11.1 Å². The summed E-state index contributed by atoms with van der Waals surface area (Å²) >= 11 is 0. The van der Waals surface area contributed by atoms with Crippen LogP contribution in [0.3, 0.4) is 0 Å². The van der Waals surface area contributed by atoms with Crippen LogP contribution in [0.15, 0.2) is 24.3 Å². The molecule has 0 radical (unpaired) electrons. The van der Waals surface area contributed by atoms with Crippen molar-refractivity contribution >= 4 is 17.3 Å². The van der Waals surface area contributed by atoms with Crippen LogP contribution in [0.5, 0.6) is 0 Å². The normalized spacial score (nSPS) is 23.4. The highest BCUT2D eigenvalue weighted by Crippen LogP contribution is 2.39. The molecule has 0 aromatic heterocycles. The summed E-state index contributed by atoms with van der Waals surface area (Å²) < 4.78 is 37.6. The minimum absolute atomic E-state index is 0.0311. The quantitative estimate of drug-likeness (QED) is 0.816. The zero-order chi connectivity index (χ0) is 14.8. The van der Waals surface area contributed by atoms with Gasteiger partial charge in [0.15, 0.2) is 0 Å². The van der Waals surface area contributed by atoms with Gasteiger partial charge in [0.2, 0.25) is 5.91 Å². The zero-order valence-corrected chi connectivity index (χ0v) is 10.9. The minimum atomic E-state index is -4.14. The fourth-order valence-corrected chi connectivity index (χ4v) is 2.49. The molecule has 6 heteroatoms. The van der Waals surface area contributed by atoms with Crippen LogP contribution in [-0.4, -0.2) is 12.1 Å². The lowest BCUT2D eigenvalue weighted by Gasteiger charge is -2.29. The highest BCUT2D eigenvalue weighted by molar-refractivity contribution is 5.92. The Morgan fingerprint density at radius 1 is 1.10 bits per heavy atom. The van der Waals surface area contributed by atoms with Gasteiger partial charge in [0.25, 0.3) is 0 Å². The van der Waals surface area contributed by atoms with Crippen LogP contribution in [0, 0.1) is 11.8 Å². The number of hydrogen-bond donors (Lipinski definition) is 2. The Kier molecular flexibility index (Phi) is 4.20. The predicted octanol–water partition coefficient (Wildman–Crippen LogP) is 3.58. The Morgan fingerprint density at radius 2 is 1.65 bits per heavy atom. The molecule has 0 aliphatic heterocycles. The topological polar surface area (TPSA) is 55.1 Å². The number of nitrogens with one attached hydrogen (secondary N) is 1. The second kappa shape index (κ2) is 5.73. The Morgan fingerprint density at radius 3 is 2.15 bits per heavy atom. The maximum Gasteiger partial charge on any atom is 0.391 e. The van der Waals surface area contributed by atoms with E-state index < -0.39 is 12.1 Å². The van der Waals surface area contributed by atoms with Crippen molar-refractivity contribution in [3.63, 3.8) is 0 Å². The van der Waals surface area contributed by atoms with Gasteiger partial charge in [-0.05, 0) is 49.9 Å². The number of alkyl halides is 3. The van der Waals surface area contributed by atoms with Gasteiger partial charge in [-0.3, -0.25) is 4.79 Å². The third kappa shape index (κ3) is 3.65. The molecule has 1 amide bonds. The molecular weight excluding hydrogens is 269 g/mol. The summed E-state index contributed by atoms with van der Waals surface area (Å²) in [5.74, 6) is -1.82. The van der Waals surface area contributed by atoms with Gasteiger partial charge in [-0.2, -0.15) is 13.2 Å². The molecule has 1 saturated carbocycles. The van der Waals surface area contributed by atoms with Crippen molar-refractivity contribution < 1.29 is 18.0 Å². The molecule has 110 valence electrons. The van der Waals surface area contributed by atoms with Crippen molar-refractivity contribution in [1.82, 2.24) is 0 Å². The summed E-state index contributed by atoms with van der Waals surface area (Å²) in [5, 5.41) is 2.72. The first-order valence-electron chi connectivity index (χ1n) is 6.59. The van der Waals surface area contributed by atoms with E-state index in [2.05, 4.69) is 5.32 Å². The predicted molar refractivity (Wildman–Crippen MR) is 71.0 cm³/mol. The second-order valence-corrected chi connectivity index (χ2v) is 5.20. The van der Waals surface area contributed by atoms with Crippen molar-refractivity contribution in [1.29, 1.82) is 0 Å². The van der Waals surface area contributed by atoms with Gasteiger partial charge in [-0.15, -0.1) is 0 Å². The van der Waals surface area contributed by atoms with E-state index in [1.807, 2.05) is 0 Å². The van der Waals surface area contributed by atoms with Crippen LogP contribution in [0.4, 0.5) is 24.5 Å². The van der Waals surface area contributed by atoms with Gasteiger partial charge in [0.1, 0.15) is 0 Å². The summed E-state index contributed by atoms with van der Waals surface area (Å²) in [7, 11) is 0. The first-order chi connectivity index (χ1) is 9.36. The van der Waals surface area contributed by atoms with Crippen molar-refractivity contribution in [2.24, 2.45) is 11.8 Å². The Bertz CT molecular complexity index is 462. The molecule has 1 aromatic rings. The number of carbonyl (C=O) groups excluding carboxylic acids is 1. The molecule has 1 aliphatic carbocycles. The lowest BCUT2D eigenvalue weighted by molar-refractivity contribution is -0.184. The average molecular weight is 286 g/mol. The number of anilines is 2. The van der Waals surface area contributed by atoms with Gasteiger partial charge in [-0.25, -0.2) is 0 Å². The Balaban J connectivity index is 1.87. The number of nitrogen functional groups attached to an aromatic ring is 1. The lowest BCUT2D eigenvalue weighted by Crippen LogP contribution is -2.32. The summed E-state index contributed by atoms with van der Waals surface area (Å²) in [6, 6.07) is 6.68. The summed E-state index contributed by atoms with van der Waals surface area (Å²) in [6.07, 6.45) is -3.51. The molecule has 20 heavy (non-hydrogen) atoms. The van der Waals surface area contributed by atoms with E-state index in [0.29, 0.717) is 11.4 Å². The van der Waals surface area contributed by atoms with E-state index in [-0.39, 0.29) is 37.5 Å². The summed E-state index contributed by atoms with van der Waals surface area (Å²) in [6.45, 7) is 0. The van der Waals surface area contributed by atoms with E-state index in [4.69, 9.17) is 5.73 Å². The monoisotopic (exact) mass is 286 g/mol. The highest BCUT2D eigenvalue weighted by atomic mass is 19.4. The van der Waals surface area contributed by atoms with Gasteiger partial charge in [0, 0.05) is 17.3 Å². The van der Waals surface area contributed by atoms with Crippen LogP contribution >= 0.6 is 0 Å². The van der Waals surface area contributed by atoms with Crippen LogP contribution in [-0.2, 0) is 4.79 Å². The molecule has 0 spiro atoms. The number of halogens is 3. The van der Waals surface area contributed by atoms with Crippen molar-refractivity contribution in [2.75, 3.05) is 11.1 Å². The molecule has 1 fully saturated rings.